The lowest BCUT2D eigenvalue weighted by Crippen LogP contribution is -2.82. The number of ketones is 1. The number of fused-ring (bicyclic) bond motifs is 5. The van der Waals surface area contributed by atoms with Gasteiger partial charge in [-0.3, -0.25) is 19.4 Å². The molecule has 2 unspecified atom stereocenters. The summed E-state index contributed by atoms with van der Waals surface area (Å²) in [5.74, 6) is -6.41. The summed E-state index contributed by atoms with van der Waals surface area (Å²) < 4.78 is 79.1. The number of amides is 2. The van der Waals surface area contributed by atoms with Crippen LogP contribution in [-0.4, -0.2) is 159 Å². The Morgan fingerprint density at radius 2 is 1.09 bits per heavy atom. The Morgan fingerprint density at radius 1 is 0.621 bits per heavy atom. The molecule has 6 aliphatic rings. The lowest BCUT2D eigenvalue weighted by Gasteiger charge is -2.67. The molecule has 2 bridgehead atoms. The molecule has 5 aromatic rings. The maximum Gasteiger partial charge on any atom is 0.509 e. The molecule has 15 atom stereocenters. The van der Waals surface area contributed by atoms with Gasteiger partial charge in [-0.15, -0.1) is 0 Å². The minimum Gasteiger partial charge on any atom is -0.497 e. The van der Waals surface area contributed by atoms with E-state index in [1.54, 1.807) is 169 Å². The van der Waals surface area contributed by atoms with Crippen LogP contribution in [0.15, 0.2) is 151 Å². The van der Waals surface area contributed by atoms with E-state index in [2.05, 4.69) is 0 Å². The molecular weight excluding hydrogens is 1400 g/mol. The third-order valence-electron chi connectivity index (χ3n) is 19.9. The van der Waals surface area contributed by atoms with E-state index in [9.17, 15) is 24.3 Å². The molecule has 2 amide bonds. The van der Waals surface area contributed by atoms with Crippen LogP contribution in [0.4, 0.5) is 14.4 Å². The van der Waals surface area contributed by atoms with Gasteiger partial charge in [0.1, 0.15) is 71.4 Å². The maximum atomic E-state index is 17.4. The van der Waals surface area contributed by atoms with Crippen molar-refractivity contribution in [3.63, 3.8) is 0 Å². The van der Waals surface area contributed by atoms with Crippen molar-refractivity contribution in [2.75, 3.05) is 27.4 Å². The molecular formula is C76H83Cl3N2O22. The van der Waals surface area contributed by atoms with E-state index in [1.807, 2.05) is 0 Å². The summed E-state index contributed by atoms with van der Waals surface area (Å²) in [5, 5.41) is 14.8. The van der Waals surface area contributed by atoms with Crippen LogP contribution in [0.5, 0.6) is 11.5 Å². The highest BCUT2D eigenvalue weighted by molar-refractivity contribution is 6.67. The molecule has 1 N–H and O–H groups in total. The number of hydrogen-bond acceptors (Lipinski definition) is 22. The van der Waals surface area contributed by atoms with Gasteiger partial charge in [-0.1, -0.05) is 152 Å². The van der Waals surface area contributed by atoms with Crippen LogP contribution in [0.25, 0.3) is 0 Å². The van der Waals surface area contributed by atoms with Crippen molar-refractivity contribution in [1.82, 2.24) is 9.80 Å². The molecule has 2 saturated carbocycles. The van der Waals surface area contributed by atoms with Gasteiger partial charge in [-0.25, -0.2) is 28.8 Å². The largest absolute Gasteiger partial charge is 0.509 e. The molecule has 11 rings (SSSR count). The van der Waals surface area contributed by atoms with Crippen molar-refractivity contribution >= 4 is 82.8 Å². The van der Waals surface area contributed by atoms with Crippen molar-refractivity contribution in [2.45, 2.75) is 182 Å². The SMILES string of the molecule is COc1ccc(C2O[C@H](C(=O)O[C@H]3C[C@H]4OC[C@@]4(OC(C)=O)[C@H]4[C@H](OC(=O)c5ccccc5)[C@]5(O)C[C@H](OC(=O)[C@@H]6OC(c7ccc(OC)cc7)N(C(=O)OC(C)(C)C)[C@H]6c6ccccc6)C(C)=C([C@@H](OC(=O)OCC(Cl)(Cl)Cl)C(=O)[C@]34C)C5(C)C)[C@@H](c3ccccc3)N2C(=O)OC(C)(C)C)cc1. The molecule has 24 nitrogen and oxygen atoms in total. The molecule has 3 heterocycles. The van der Waals surface area contributed by atoms with Crippen LogP contribution in [0.3, 0.4) is 0 Å². The van der Waals surface area contributed by atoms with E-state index >= 15 is 19.2 Å². The van der Waals surface area contributed by atoms with Crippen LogP contribution >= 0.6 is 34.8 Å². The number of methoxy groups -OCH3 is 2. The maximum absolute atomic E-state index is 17.4. The van der Waals surface area contributed by atoms with Gasteiger partial charge in [0.15, 0.2) is 42.2 Å². The molecule has 0 spiro atoms. The fourth-order valence-electron chi connectivity index (χ4n) is 15.2. The number of esters is 4. The second-order valence-corrected chi connectivity index (χ2v) is 31.6. The van der Waals surface area contributed by atoms with Crippen LogP contribution < -0.4 is 9.47 Å². The highest BCUT2D eigenvalue weighted by Crippen LogP contribution is 2.66. The van der Waals surface area contributed by atoms with Crippen LogP contribution in [0, 0.1) is 16.7 Å². The standard InChI is InChI=1S/C76H83Cl3N2O22/c1-41-50(95-65(85)57-54(43-23-17-14-18-24-43)80(67(87)102-70(3,4)5)62(97-57)45-29-33-48(91-12)34-30-45)38-75(90)61(100-64(84)47-27-21-16-22-28-47)59-73(11,60(83)56(53(41)72(75,9)10)99-69(89)94-40-76(77,78)79)51(37-52-74(59,39-93-52)101-42(2)82)96-66(86)58-55(44-25-19-15-20-26-44)81(68(88)103-71(6,7)8)63(98-58)46-31-35-49(92-13)36-32-46/h14-36,50-52,54-59,61-63,90H,37-40H2,1-13H3/t50-,51-,52+,54-,55+,56+,57+,58-,59-,61-,62?,63?,73+,74-,75+/m0/s1. The summed E-state index contributed by atoms with van der Waals surface area (Å²) >= 11 is 18.4. The first-order valence-corrected chi connectivity index (χ1v) is 34.7. The Kier molecular flexibility index (Phi) is 21.2. The van der Waals surface area contributed by atoms with Gasteiger partial charge in [-0.05, 0) is 114 Å². The Balaban J connectivity index is 1.10. The topological polar surface area (TPSA) is 283 Å². The molecule has 103 heavy (non-hydrogen) atoms. The van der Waals surface area contributed by atoms with Gasteiger partial charge in [0.2, 0.25) is 3.79 Å². The Bertz CT molecular complexity index is 4050. The highest BCUT2D eigenvalue weighted by Gasteiger charge is 2.79. The summed E-state index contributed by atoms with van der Waals surface area (Å²) in [6.45, 7) is 15.5. The third-order valence-corrected chi connectivity index (χ3v) is 20.3. The molecule has 3 saturated heterocycles. The van der Waals surface area contributed by atoms with Gasteiger partial charge in [0.25, 0.3) is 0 Å². The summed E-state index contributed by atoms with van der Waals surface area (Å²) in [4.78, 5) is 126. The average molecular weight is 1480 g/mol. The van der Waals surface area contributed by atoms with Crippen LogP contribution in [0.1, 0.15) is 146 Å². The first kappa shape index (κ1) is 75.7. The monoisotopic (exact) mass is 1480 g/mol. The molecule has 0 aromatic heterocycles. The molecule has 550 valence electrons. The second kappa shape index (κ2) is 28.9. The first-order valence-electron chi connectivity index (χ1n) is 33.5. The first-order chi connectivity index (χ1) is 48.4. The Hall–Kier alpha value is -8.49. The summed E-state index contributed by atoms with van der Waals surface area (Å²) in [5.41, 5.74) is -10.2. The van der Waals surface area contributed by atoms with Crippen molar-refractivity contribution in [3.05, 3.63) is 178 Å². The van der Waals surface area contributed by atoms with Gasteiger partial charge in [-0.2, -0.15) is 0 Å². The number of alkyl halides is 3. The number of nitrogens with zero attached hydrogens (tertiary/aromatic N) is 2. The lowest BCUT2D eigenvalue weighted by atomic mass is 9.44. The summed E-state index contributed by atoms with van der Waals surface area (Å²) in [6.07, 6.45) is -20.1. The van der Waals surface area contributed by atoms with Crippen LogP contribution in [-0.2, 0) is 71.3 Å². The van der Waals surface area contributed by atoms with E-state index in [0.717, 1.165) is 6.92 Å². The minimum atomic E-state index is -2.72. The zero-order chi connectivity index (χ0) is 74.7. The smallest absolute Gasteiger partial charge is 0.497 e. The molecule has 3 aliphatic carbocycles. The van der Waals surface area contributed by atoms with Crippen molar-refractivity contribution in [1.29, 1.82) is 0 Å². The average Bonchev–Trinajstić information content (AvgIpc) is 1.17. The number of benzene rings is 5. The zero-order valence-electron chi connectivity index (χ0n) is 59.1. The number of carbonyl (C=O) groups is 8. The summed E-state index contributed by atoms with van der Waals surface area (Å²) in [7, 11) is 2.96. The number of halogens is 3. The zero-order valence-corrected chi connectivity index (χ0v) is 61.4. The molecule has 5 fully saturated rings. The normalized spacial score (nSPS) is 29.4. The lowest BCUT2D eigenvalue weighted by molar-refractivity contribution is -0.346. The number of carbonyl (C=O) groups excluding carboxylic acids is 8. The number of rotatable bonds is 15. The van der Waals surface area contributed by atoms with E-state index in [1.165, 1.54) is 63.8 Å². The van der Waals surface area contributed by atoms with Crippen LogP contribution in [0.2, 0.25) is 0 Å². The molecule has 27 heteroatoms. The Labute approximate surface area is 611 Å². The fourth-order valence-corrected chi connectivity index (χ4v) is 15.4. The summed E-state index contributed by atoms with van der Waals surface area (Å²) in [6, 6.07) is 35.1. The number of Topliss-reactive ketones (excluding diaryl/α,β-unsaturated/α-hetero) is 1. The predicted molar refractivity (Wildman–Crippen MR) is 369 cm³/mol. The van der Waals surface area contributed by atoms with Crippen molar-refractivity contribution < 1.29 is 105 Å². The van der Waals surface area contributed by atoms with Crippen molar-refractivity contribution in [2.24, 2.45) is 16.7 Å². The minimum absolute atomic E-state index is 0.00327. The number of aliphatic hydroxyl groups is 1. The third kappa shape index (κ3) is 14.7. The highest BCUT2D eigenvalue weighted by atomic mass is 35.6. The quantitative estimate of drug-likeness (QED) is 0.0441. The van der Waals surface area contributed by atoms with Gasteiger partial charge < -0.3 is 66.7 Å². The van der Waals surface area contributed by atoms with E-state index in [4.69, 9.17) is 96.4 Å². The Morgan fingerprint density at radius 3 is 1.51 bits per heavy atom. The molecule has 3 aliphatic heterocycles. The van der Waals surface area contributed by atoms with Gasteiger partial charge in [0.05, 0.1) is 37.7 Å². The fraction of sp³-hybridized carbons (Fsp3) is 0.474. The number of hydrogen-bond donors (Lipinski definition) is 1. The molecule has 5 aromatic carbocycles. The van der Waals surface area contributed by atoms with E-state index in [-0.39, 0.29) is 16.7 Å². The predicted octanol–water partition coefficient (Wildman–Crippen LogP) is 12.9. The number of ether oxygens (including phenoxy) is 13. The van der Waals surface area contributed by atoms with E-state index in [0.29, 0.717) is 33.8 Å². The van der Waals surface area contributed by atoms with E-state index < -0.39 is 184 Å². The second-order valence-electron chi connectivity index (χ2n) is 29.1. The molecule has 0 radical (unpaired) electrons. The van der Waals surface area contributed by atoms with Gasteiger partial charge in [0, 0.05) is 36.3 Å². The van der Waals surface area contributed by atoms with Crippen molar-refractivity contribution in [3.8, 4) is 11.5 Å². The van der Waals surface area contributed by atoms with Gasteiger partial charge >= 0.3 is 42.2 Å².